The van der Waals surface area contributed by atoms with E-state index < -0.39 is 5.97 Å². The fourth-order valence-corrected chi connectivity index (χ4v) is 2.34. The van der Waals surface area contributed by atoms with Crippen molar-refractivity contribution in [2.75, 3.05) is 0 Å². The smallest absolute Gasteiger partial charge is 0.358 e. The van der Waals surface area contributed by atoms with Crippen molar-refractivity contribution < 1.29 is 9.90 Å². The molecule has 0 bridgehead atoms. The first-order chi connectivity index (χ1) is 10.6. The monoisotopic (exact) mass is 294 g/mol. The minimum atomic E-state index is -1.10. The van der Waals surface area contributed by atoms with E-state index in [1.165, 1.54) is 0 Å². The van der Waals surface area contributed by atoms with Gasteiger partial charge in [-0.3, -0.25) is 4.98 Å². The average molecular weight is 294 g/mol. The Hall–Kier alpha value is -3.02. The number of hydrogen-bond acceptors (Lipinski definition) is 4. The third kappa shape index (κ3) is 2.71. The number of pyridine rings is 1. The van der Waals surface area contributed by atoms with Crippen LogP contribution in [-0.4, -0.2) is 31.1 Å². The molecule has 2 heterocycles. The summed E-state index contributed by atoms with van der Waals surface area (Å²) in [6, 6.07) is 11.5. The van der Waals surface area contributed by atoms with Gasteiger partial charge in [-0.1, -0.05) is 35.0 Å². The molecule has 2 aromatic heterocycles. The number of benzene rings is 1. The van der Waals surface area contributed by atoms with E-state index in [1.807, 2.05) is 31.2 Å². The van der Waals surface area contributed by atoms with Gasteiger partial charge in [0.1, 0.15) is 5.69 Å². The van der Waals surface area contributed by atoms with Gasteiger partial charge < -0.3 is 5.11 Å². The lowest BCUT2D eigenvalue weighted by molar-refractivity contribution is 0.0691. The molecule has 0 aliphatic carbocycles. The molecule has 0 aliphatic heterocycles. The maximum atomic E-state index is 11.4. The van der Waals surface area contributed by atoms with E-state index in [9.17, 15) is 9.90 Å². The highest BCUT2D eigenvalue weighted by molar-refractivity contribution is 5.92. The third-order valence-corrected chi connectivity index (χ3v) is 3.29. The van der Waals surface area contributed by atoms with Crippen molar-refractivity contribution in [3.05, 3.63) is 65.6 Å². The molecule has 0 saturated heterocycles. The molecule has 6 heteroatoms. The van der Waals surface area contributed by atoms with Crippen molar-refractivity contribution in [2.24, 2.45) is 0 Å². The molecule has 0 atom stereocenters. The predicted octanol–water partition coefficient (Wildman–Crippen LogP) is 2.40. The molecule has 0 radical (unpaired) electrons. The van der Waals surface area contributed by atoms with Gasteiger partial charge in [0.15, 0.2) is 5.69 Å². The van der Waals surface area contributed by atoms with Crippen molar-refractivity contribution in [3.8, 4) is 11.3 Å². The van der Waals surface area contributed by atoms with Crippen molar-refractivity contribution in [2.45, 2.75) is 13.5 Å². The van der Waals surface area contributed by atoms with E-state index in [4.69, 9.17) is 0 Å². The summed E-state index contributed by atoms with van der Waals surface area (Å²) in [6.07, 6.45) is 3.25. The van der Waals surface area contributed by atoms with E-state index in [0.29, 0.717) is 17.8 Å². The van der Waals surface area contributed by atoms with Crippen LogP contribution >= 0.6 is 0 Å². The normalized spacial score (nSPS) is 10.6. The molecular formula is C16H14N4O2. The van der Waals surface area contributed by atoms with Crippen LogP contribution in [0, 0.1) is 6.92 Å². The van der Waals surface area contributed by atoms with E-state index in [2.05, 4.69) is 15.3 Å². The minimum Gasteiger partial charge on any atom is -0.476 e. The number of rotatable bonds is 4. The zero-order chi connectivity index (χ0) is 15.5. The van der Waals surface area contributed by atoms with Crippen molar-refractivity contribution in [1.82, 2.24) is 20.0 Å². The number of aromatic nitrogens is 4. The maximum Gasteiger partial charge on any atom is 0.358 e. The van der Waals surface area contributed by atoms with Crippen LogP contribution in [0.4, 0.5) is 0 Å². The summed E-state index contributed by atoms with van der Waals surface area (Å²) in [6.45, 7) is 2.46. The van der Waals surface area contributed by atoms with Gasteiger partial charge >= 0.3 is 5.97 Å². The highest BCUT2D eigenvalue weighted by atomic mass is 16.4. The molecule has 1 N–H and O–H groups in total. The van der Waals surface area contributed by atoms with Crippen LogP contribution in [0.3, 0.4) is 0 Å². The van der Waals surface area contributed by atoms with Gasteiger partial charge in [-0.15, -0.1) is 5.10 Å². The summed E-state index contributed by atoms with van der Waals surface area (Å²) in [5, 5.41) is 17.1. The number of aromatic carboxylic acids is 1. The van der Waals surface area contributed by atoms with Crippen LogP contribution < -0.4 is 0 Å². The number of aryl methyl sites for hydroxylation is 1. The molecule has 0 aliphatic rings. The Kier molecular flexibility index (Phi) is 3.65. The lowest BCUT2D eigenvalue weighted by atomic mass is 10.1. The molecule has 3 aromatic rings. The lowest BCUT2D eigenvalue weighted by Gasteiger charge is -2.07. The molecule has 1 aromatic carbocycles. The fourth-order valence-electron chi connectivity index (χ4n) is 2.34. The first-order valence-electron chi connectivity index (χ1n) is 6.78. The standard InChI is InChI=1S/C16H14N4O2/c1-11-4-2-5-12(8-11)10-20-15(13-6-3-7-17-9-13)14(16(21)22)18-19-20/h2-9H,10H2,1H3,(H,21,22). The van der Waals surface area contributed by atoms with Crippen LogP contribution in [0.15, 0.2) is 48.8 Å². The lowest BCUT2D eigenvalue weighted by Crippen LogP contribution is -2.06. The van der Waals surface area contributed by atoms with Gasteiger partial charge in [-0.2, -0.15) is 0 Å². The van der Waals surface area contributed by atoms with E-state index in [1.54, 1.807) is 29.2 Å². The zero-order valence-electron chi connectivity index (χ0n) is 12.0. The molecule has 0 fully saturated rings. The Morgan fingerprint density at radius 1 is 1.27 bits per heavy atom. The zero-order valence-corrected chi connectivity index (χ0v) is 12.0. The SMILES string of the molecule is Cc1cccc(Cn2nnc(C(=O)O)c2-c2cccnc2)c1. The highest BCUT2D eigenvalue weighted by Gasteiger charge is 2.20. The summed E-state index contributed by atoms with van der Waals surface area (Å²) in [5.41, 5.74) is 3.24. The Bertz CT molecular complexity index is 812. The molecule has 6 nitrogen and oxygen atoms in total. The molecule has 0 spiro atoms. The molecule has 0 unspecified atom stereocenters. The second kappa shape index (κ2) is 5.77. The summed E-state index contributed by atoms with van der Waals surface area (Å²) in [7, 11) is 0. The first kappa shape index (κ1) is 13.9. The largest absolute Gasteiger partial charge is 0.476 e. The Morgan fingerprint density at radius 2 is 2.14 bits per heavy atom. The summed E-state index contributed by atoms with van der Waals surface area (Å²) in [4.78, 5) is 15.4. The Morgan fingerprint density at radius 3 is 2.82 bits per heavy atom. The van der Waals surface area contributed by atoms with E-state index in [0.717, 1.165) is 11.1 Å². The number of carbonyl (C=O) groups is 1. The summed E-state index contributed by atoms with van der Waals surface area (Å²) >= 11 is 0. The van der Waals surface area contributed by atoms with Crippen LogP contribution in [0.5, 0.6) is 0 Å². The maximum absolute atomic E-state index is 11.4. The Labute approximate surface area is 127 Å². The molecule has 3 rings (SSSR count). The van der Waals surface area contributed by atoms with Gasteiger partial charge in [0.05, 0.1) is 6.54 Å². The molecule has 0 saturated carbocycles. The van der Waals surface area contributed by atoms with Crippen molar-refractivity contribution >= 4 is 5.97 Å². The summed E-state index contributed by atoms with van der Waals surface area (Å²) < 4.78 is 1.59. The summed E-state index contributed by atoms with van der Waals surface area (Å²) in [5.74, 6) is -1.10. The van der Waals surface area contributed by atoms with E-state index >= 15 is 0 Å². The second-order valence-corrected chi connectivity index (χ2v) is 4.98. The third-order valence-electron chi connectivity index (χ3n) is 3.29. The highest BCUT2D eigenvalue weighted by Crippen LogP contribution is 2.22. The van der Waals surface area contributed by atoms with Gasteiger partial charge in [-0.05, 0) is 24.6 Å². The van der Waals surface area contributed by atoms with Crippen LogP contribution in [-0.2, 0) is 6.54 Å². The minimum absolute atomic E-state index is 0.0688. The predicted molar refractivity (Wildman–Crippen MR) is 80.5 cm³/mol. The molecule has 110 valence electrons. The fraction of sp³-hybridized carbons (Fsp3) is 0.125. The van der Waals surface area contributed by atoms with Crippen molar-refractivity contribution in [3.63, 3.8) is 0 Å². The van der Waals surface area contributed by atoms with Gasteiger partial charge in [-0.25, -0.2) is 9.48 Å². The van der Waals surface area contributed by atoms with Crippen molar-refractivity contribution in [1.29, 1.82) is 0 Å². The molecule has 22 heavy (non-hydrogen) atoms. The number of carboxylic acid groups (broad SMARTS) is 1. The number of hydrogen-bond donors (Lipinski definition) is 1. The molecule has 0 amide bonds. The first-order valence-corrected chi connectivity index (χ1v) is 6.78. The number of carboxylic acids is 1. The second-order valence-electron chi connectivity index (χ2n) is 4.98. The van der Waals surface area contributed by atoms with Gasteiger partial charge in [0, 0.05) is 18.0 Å². The number of nitrogens with zero attached hydrogens (tertiary/aromatic N) is 4. The van der Waals surface area contributed by atoms with Crippen LogP contribution in [0.2, 0.25) is 0 Å². The topological polar surface area (TPSA) is 80.9 Å². The average Bonchev–Trinajstić information content (AvgIpc) is 2.92. The van der Waals surface area contributed by atoms with Crippen LogP contribution in [0.25, 0.3) is 11.3 Å². The van der Waals surface area contributed by atoms with E-state index in [-0.39, 0.29) is 5.69 Å². The Balaban J connectivity index is 2.07. The van der Waals surface area contributed by atoms with Gasteiger partial charge in [0.25, 0.3) is 0 Å². The quantitative estimate of drug-likeness (QED) is 0.799. The van der Waals surface area contributed by atoms with Crippen LogP contribution in [0.1, 0.15) is 21.6 Å². The van der Waals surface area contributed by atoms with Gasteiger partial charge in [0.2, 0.25) is 0 Å². The molecular weight excluding hydrogens is 280 g/mol.